The normalized spacial score (nSPS) is 11.6. The quantitative estimate of drug-likeness (QED) is 0.845. The van der Waals surface area contributed by atoms with Crippen molar-refractivity contribution in [2.45, 2.75) is 32.2 Å². The second-order valence-corrected chi connectivity index (χ2v) is 5.88. The molecule has 6 nitrogen and oxygen atoms in total. The van der Waals surface area contributed by atoms with Gasteiger partial charge in [-0.25, -0.2) is 0 Å². The van der Waals surface area contributed by atoms with Crippen molar-refractivity contribution in [1.82, 2.24) is 15.5 Å². The number of aliphatic hydroxyl groups is 1. The van der Waals surface area contributed by atoms with Gasteiger partial charge in [0.15, 0.2) is 0 Å². The van der Waals surface area contributed by atoms with Crippen molar-refractivity contribution >= 4 is 17.2 Å². The van der Waals surface area contributed by atoms with Crippen LogP contribution in [0, 0.1) is 0 Å². The first-order valence-corrected chi connectivity index (χ1v) is 7.21. The molecule has 1 amide bonds. The Hall–Kier alpha value is -1.73. The Morgan fingerprint density at radius 1 is 1.50 bits per heavy atom. The second-order valence-electron chi connectivity index (χ2n) is 5.10. The van der Waals surface area contributed by atoms with Gasteiger partial charge in [-0.3, -0.25) is 4.79 Å². The summed E-state index contributed by atoms with van der Waals surface area (Å²) >= 11 is 1.56. The van der Waals surface area contributed by atoms with Crippen molar-refractivity contribution in [3.8, 4) is 11.5 Å². The Morgan fingerprint density at radius 3 is 2.95 bits per heavy atom. The highest BCUT2D eigenvalue weighted by Crippen LogP contribution is 2.20. The molecular weight excluding hydrogens is 278 g/mol. The van der Waals surface area contributed by atoms with E-state index in [0.717, 1.165) is 5.56 Å². The van der Waals surface area contributed by atoms with E-state index in [1.165, 1.54) is 0 Å². The number of carbonyl (C=O) groups excluding carboxylic acids is 1. The summed E-state index contributed by atoms with van der Waals surface area (Å²) in [5.74, 6) is 0.750. The third kappa shape index (κ3) is 3.88. The second kappa shape index (κ2) is 6.15. The summed E-state index contributed by atoms with van der Waals surface area (Å²) in [5, 5.41) is 23.5. The summed E-state index contributed by atoms with van der Waals surface area (Å²) in [5.41, 5.74) is 0.271. The lowest BCUT2D eigenvalue weighted by atomic mass is 10.1. The van der Waals surface area contributed by atoms with Gasteiger partial charge < -0.3 is 14.8 Å². The maximum atomic E-state index is 11.7. The molecule has 0 radical (unpaired) electrons. The Balaban J connectivity index is 1.87. The number of aryl methyl sites for hydroxylation is 1. The number of hydrogen-bond donors (Lipinski definition) is 2. The molecule has 0 fully saturated rings. The molecule has 0 aliphatic rings. The van der Waals surface area contributed by atoms with E-state index in [9.17, 15) is 4.79 Å². The van der Waals surface area contributed by atoms with Gasteiger partial charge in [-0.15, -0.1) is 10.2 Å². The minimum absolute atomic E-state index is 0.110. The first-order valence-electron chi connectivity index (χ1n) is 6.27. The van der Waals surface area contributed by atoms with Gasteiger partial charge in [0.25, 0.3) is 0 Å². The summed E-state index contributed by atoms with van der Waals surface area (Å²) in [6, 6.07) is 1.90. The third-order valence-electron chi connectivity index (χ3n) is 2.67. The fraction of sp³-hybridized carbons (Fsp3) is 0.462. The largest absolute Gasteiger partial charge is 0.421 e. The first-order chi connectivity index (χ1) is 9.50. The zero-order chi connectivity index (χ0) is 14.6. The van der Waals surface area contributed by atoms with Crippen molar-refractivity contribution in [3.05, 3.63) is 22.7 Å². The highest BCUT2D eigenvalue weighted by molar-refractivity contribution is 7.08. The van der Waals surface area contributed by atoms with Crippen LogP contribution < -0.4 is 5.32 Å². The number of nitrogens with one attached hydrogen (secondary N) is 1. The van der Waals surface area contributed by atoms with E-state index < -0.39 is 5.54 Å². The van der Waals surface area contributed by atoms with E-state index in [4.69, 9.17) is 9.52 Å². The Bertz CT molecular complexity index is 563. The molecule has 0 aliphatic heterocycles. The van der Waals surface area contributed by atoms with E-state index in [1.54, 1.807) is 25.2 Å². The highest BCUT2D eigenvalue weighted by atomic mass is 32.1. The summed E-state index contributed by atoms with van der Waals surface area (Å²) in [7, 11) is 0. The molecule has 0 atom stereocenters. The smallest absolute Gasteiger partial charge is 0.248 e. The van der Waals surface area contributed by atoms with Crippen LogP contribution in [0.2, 0.25) is 0 Å². The molecule has 2 rings (SSSR count). The minimum Gasteiger partial charge on any atom is -0.421 e. The van der Waals surface area contributed by atoms with Crippen molar-refractivity contribution < 1.29 is 14.3 Å². The molecule has 108 valence electrons. The van der Waals surface area contributed by atoms with E-state index in [2.05, 4.69) is 15.5 Å². The zero-order valence-electron chi connectivity index (χ0n) is 11.4. The van der Waals surface area contributed by atoms with Crippen LogP contribution >= 0.6 is 11.3 Å². The Labute approximate surface area is 120 Å². The predicted molar refractivity (Wildman–Crippen MR) is 75.2 cm³/mol. The molecule has 0 unspecified atom stereocenters. The molecule has 0 aromatic carbocycles. The van der Waals surface area contributed by atoms with Crippen molar-refractivity contribution in [2.75, 3.05) is 6.61 Å². The summed E-state index contributed by atoms with van der Waals surface area (Å²) in [4.78, 5) is 11.7. The van der Waals surface area contributed by atoms with Crippen LogP contribution in [0.3, 0.4) is 0 Å². The number of aromatic nitrogens is 2. The number of aliphatic hydroxyl groups excluding tert-OH is 1. The van der Waals surface area contributed by atoms with Crippen molar-refractivity contribution in [1.29, 1.82) is 0 Å². The van der Waals surface area contributed by atoms with Crippen LogP contribution in [0.5, 0.6) is 0 Å². The van der Waals surface area contributed by atoms with Crippen molar-refractivity contribution in [3.63, 3.8) is 0 Å². The summed E-state index contributed by atoms with van der Waals surface area (Å²) in [6.07, 6.45) is 0.624. The van der Waals surface area contributed by atoms with Crippen LogP contribution in [0.1, 0.15) is 26.2 Å². The highest BCUT2D eigenvalue weighted by Gasteiger charge is 2.19. The van der Waals surface area contributed by atoms with Crippen LogP contribution in [-0.4, -0.2) is 33.4 Å². The van der Waals surface area contributed by atoms with Crippen LogP contribution in [0.15, 0.2) is 21.2 Å². The predicted octanol–water partition coefficient (Wildman–Crippen LogP) is 1.62. The molecule has 0 spiro atoms. The van der Waals surface area contributed by atoms with Gasteiger partial charge in [0, 0.05) is 23.8 Å². The lowest BCUT2D eigenvalue weighted by molar-refractivity contribution is -0.123. The molecule has 2 aromatic heterocycles. The van der Waals surface area contributed by atoms with Crippen molar-refractivity contribution in [2.24, 2.45) is 0 Å². The lowest BCUT2D eigenvalue weighted by Gasteiger charge is -2.23. The molecule has 2 heterocycles. The fourth-order valence-electron chi connectivity index (χ4n) is 1.56. The van der Waals surface area contributed by atoms with Gasteiger partial charge in [0.05, 0.1) is 12.1 Å². The molecule has 0 bridgehead atoms. The maximum Gasteiger partial charge on any atom is 0.248 e. The molecular formula is C13H17N3O3S. The SMILES string of the molecule is CC(C)(CO)NC(=O)CCc1nnc(-c2ccsc2)o1. The van der Waals surface area contributed by atoms with E-state index in [1.807, 2.05) is 16.8 Å². The fourth-order valence-corrected chi connectivity index (χ4v) is 2.19. The molecule has 2 N–H and O–H groups in total. The van der Waals surface area contributed by atoms with Gasteiger partial charge in [-0.2, -0.15) is 11.3 Å². The van der Waals surface area contributed by atoms with Gasteiger partial charge in [0.2, 0.25) is 17.7 Å². The Kier molecular flexibility index (Phi) is 4.51. The van der Waals surface area contributed by atoms with Crippen LogP contribution in [0.25, 0.3) is 11.5 Å². The number of rotatable bonds is 6. The molecule has 0 saturated carbocycles. The summed E-state index contributed by atoms with van der Waals surface area (Å²) < 4.78 is 5.49. The standard InChI is InChI=1S/C13H17N3O3S/c1-13(2,8-17)14-10(18)3-4-11-15-16-12(19-11)9-5-6-20-7-9/h5-7,17H,3-4,8H2,1-2H3,(H,14,18). The number of carbonyl (C=O) groups is 1. The summed E-state index contributed by atoms with van der Waals surface area (Å²) in [6.45, 7) is 3.40. The van der Waals surface area contributed by atoms with Gasteiger partial charge >= 0.3 is 0 Å². The topological polar surface area (TPSA) is 88.2 Å². The Morgan fingerprint density at radius 2 is 2.30 bits per heavy atom. The third-order valence-corrected chi connectivity index (χ3v) is 3.36. The lowest BCUT2D eigenvalue weighted by Crippen LogP contribution is -2.46. The molecule has 7 heteroatoms. The minimum atomic E-state index is -0.617. The molecule has 0 saturated heterocycles. The van der Waals surface area contributed by atoms with Crippen LogP contribution in [-0.2, 0) is 11.2 Å². The molecule has 2 aromatic rings. The van der Waals surface area contributed by atoms with E-state index in [0.29, 0.717) is 18.2 Å². The number of hydrogen-bond acceptors (Lipinski definition) is 6. The average Bonchev–Trinajstić information content (AvgIpc) is 3.06. The van der Waals surface area contributed by atoms with E-state index in [-0.39, 0.29) is 18.9 Å². The van der Waals surface area contributed by atoms with E-state index >= 15 is 0 Å². The van der Waals surface area contributed by atoms with Gasteiger partial charge in [0.1, 0.15) is 0 Å². The first kappa shape index (κ1) is 14.7. The maximum absolute atomic E-state index is 11.7. The molecule has 0 aliphatic carbocycles. The van der Waals surface area contributed by atoms with Gasteiger partial charge in [-0.05, 0) is 25.3 Å². The molecule has 20 heavy (non-hydrogen) atoms. The van der Waals surface area contributed by atoms with Crippen LogP contribution in [0.4, 0.5) is 0 Å². The average molecular weight is 295 g/mol. The monoisotopic (exact) mass is 295 g/mol. The zero-order valence-corrected chi connectivity index (χ0v) is 12.2. The number of nitrogens with zero attached hydrogens (tertiary/aromatic N) is 2. The number of thiophene rings is 1. The van der Waals surface area contributed by atoms with Gasteiger partial charge in [-0.1, -0.05) is 0 Å². The number of amides is 1.